The Hall–Kier alpha value is -1.56. The first-order chi connectivity index (χ1) is 9.35. The van der Waals surface area contributed by atoms with E-state index < -0.39 is 9.84 Å². The van der Waals surface area contributed by atoms with Gasteiger partial charge in [-0.25, -0.2) is 8.42 Å². The number of anilines is 1. The number of nitrogens with zero attached hydrogens (tertiary/aromatic N) is 1. The second-order valence-corrected chi connectivity index (χ2v) is 7.63. The van der Waals surface area contributed by atoms with E-state index in [1.54, 1.807) is 19.0 Å². The van der Waals surface area contributed by atoms with E-state index in [4.69, 9.17) is 0 Å². The van der Waals surface area contributed by atoms with Crippen molar-refractivity contribution in [3.05, 3.63) is 29.8 Å². The van der Waals surface area contributed by atoms with E-state index in [9.17, 15) is 13.2 Å². The van der Waals surface area contributed by atoms with Crippen LogP contribution in [-0.2, 0) is 21.1 Å². The number of benzene rings is 1. The summed E-state index contributed by atoms with van der Waals surface area (Å²) in [6, 6.07) is 7.57. The first-order valence-corrected chi connectivity index (χ1v) is 8.44. The maximum atomic E-state index is 11.6. The molecule has 1 aliphatic rings. The first-order valence-electron chi connectivity index (χ1n) is 6.62. The highest BCUT2D eigenvalue weighted by atomic mass is 32.2. The molecular weight excluding hydrogens is 276 g/mol. The number of rotatable bonds is 4. The van der Waals surface area contributed by atoms with Crippen molar-refractivity contribution in [1.82, 2.24) is 4.90 Å². The van der Waals surface area contributed by atoms with Crippen LogP contribution in [0.2, 0.25) is 0 Å². The van der Waals surface area contributed by atoms with Crippen molar-refractivity contribution in [2.24, 2.45) is 0 Å². The average molecular weight is 296 g/mol. The highest BCUT2D eigenvalue weighted by molar-refractivity contribution is 7.91. The van der Waals surface area contributed by atoms with Gasteiger partial charge in [0.1, 0.15) is 0 Å². The van der Waals surface area contributed by atoms with Gasteiger partial charge in [-0.2, -0.15) is 0 Å². The molecule has 1 N–H and O–H groups in total. The van der Waals surface area contributed by atoms with E-state index in [1.807, 2.05) is 24.3 Å². The van der Waals surface area contributed by atoms with Crippen LogP contribution >= 0.6 is 0 Å². The van der Waals surface area contributed by atoms with Crippen LogP contribution in [0.3, 0.4) is 0 Å². The zero-order valence-corrected chi connectivity index (χ0v) is 12.6. The monoisotopic (exact) mass is 296 g/mol. The molecule has 0 aromatic heterocycles. The molecule has 110 valence electrons. The summed E-state index contributed by atoms with van der Waals surface area (Å²) in [6.07, 6.45) is 1.04. The Kier molecular flexibility index (Phi) is 4.32. The molecule has 1 aromatic rings. The average Bonchev–Trinajstić information content (AvgIpc) is 2.71. The van der Waals surface area contributed by atoms with Gasteiger partial charge in [0.05, 0.1) is 17.9 Å². The normalized spacial score (nSPS) is 20.6. The maximum absolute atomic E-state index is 11.6. The van der Waals surface area contributed by atoms with Gasteiger partial charge in [0, 0.05) is 25.8 Å². The van der Waals surface area contributed by atoms with E-state index >= 15 is 0 Å². The molecule has 0 spiro atoms. The van der Waals surface area contributed by atoms with Gasteiger partial charge in [-0.1, -0.05) is 12.1 Å². The molecule has 0 bridgehead atoms. The number of sulfone groups is 1. The molecule has 1 fully saturated rings. The smallest absolute Gasteiger partial charge is 0.226 e. The minimum absolute atomic E-state index is 0.00532. The summed E-state index contributed by atoms with van der Waals surface area (Å²) in [5, 5.41) is 3.23. The fraction of sp³-hybridized carbons (Fsp3) is 0.500. The first kappa shape index (κ1) is 14.8. The van der Waals surface area contributed by atoms with Crippen molar-refractivity contribution in [2.45, 2.75) is 18.9 Å². The number of nitrogens with one attached hydrogen (secondary N) is 1. The lowest BCUT2D eigenvalue weighted by Gasteiger charge is -2.13. The molecule has 0 aliphatic carbocycles. The lowest BCUT2D eigenvalue weighted by Crippen LogP contribution is -2.23. The highest BCUT2D eigenvalue weighted by Crippen LogP contribution is 2.18. The van der Waals surface area contributed by atoms with Crippen LogP contribution < -0.4 is 5.32 Å². The van der Waals surface area contributed by atoms with Gasteiger partial charge >= 0.3 is 0 Å². The van der Waals surface area contributed by atoms with Gasteiger partial charge in [-0.15, -0.1) is 0 Å². The van der Waals surface area contributed by atoms with Gasteiger partial charge in [0.15, 0.2) is 9.84 Å². The molecule has 20 heavy (non-hydrogen) atoms. The quantitative estimate of drug-likeness (QED) is 0.897. The number of amides is 1. The Balaban J connectivity index is 1.94. The zero-order valence-electron chi connectivity index (χ0n) is 11.8. The number of hydrogen-bond donors (Lipinski definition) is 1. The van der Waals surface area contributed by atoms with Gasteiger partial charge in [0.25, 0.3) is 0 Å². The standard InChI is InChI=1S/C14H20N2O3S/c1-16(2)14(17)9-11-3-5-12(6-4-11)15-13-7-8-20(18,19)10-13/h3-6,13,15H,7-10H2,1-2H3. The molecule has 2 rings (SSSR count). The Bertz CT molecular complexity index is 579. The predicted octanol–water partition coefficient (Wildman–Crippen LogP) is 0.916. The summed E-state index contributed by atoms with van der Waals surface area (Å²) in [7, 11) is 0.608. The molecule has 1 atom stereocenters. The van der Waals surface area contributed by atoms with E-state index in [-0.39, 0.29) is 23.5 Å². The maximum Gasteiger partial charge on any atom is 0.226 e. The molecule has 1 aromatic carbocycles. The molecule has 0 radical (unpaired) electrons. The van der Waals surface area contributed by atoms with Crippen LogP contribution in [0.1, 0.15) is 12.0 Å². The number of likely N-dealkylation sites (N-methyl/N-ethyl adjacent to an activating group) is 1. The van der Waals surface area contributed by atoms with Crippen molar-refractivity contribution in [3.8, 4) is 0 Å². The Morgan fingerprint density at radius 2 is 1.95 bits per heavy atom. The molecule has 1 amide bonds. The summed E-state index contributed by atoms with van der Waals surface area (Å²) in [4.78, 5) is 13.2. The Morgan fingerprint density at radius 1 is 1.30 bits per heavy atom. The van der Waals surface area contributed by atoms with E-state index in [1.165, 1.54) is 0 Å². The van der Waals surface area contributed by atoms with Crippen LogP contribution in [0.5, 0.6) is 0 Å². The van der Waals surface area contributed by atoms with Crippen LogP contribution in [0.4, 0.5) is 5.69 Å². The van der Waals surface area contributed by atoms with Gasteiger partial charge < -0.3 is 10.2 Å². The summed E-state index contributed by atoms with van der Waals surface area (Å²) < 4.78 is 22.8. The minimum atomic E-state index is -2.86. The van der Waals surface area contributed by atoms with Crippen molar-refractivity contribution in [2.75, 3.05) is 30.9 Å². The molecule has 5 nitrogen and oxygen atoms in total. The lowest BCUT2D eigenvalue weighted by atomic mass is 10.1. The number of hydrogen-bond acceptors (Lipinski definition) is 4. The zero-order chi connectivity index (χ0) is 14.8. The SMILES string of the molecule is CN(C)C(=O)Cc1ccc(NC2CCS(=O)(=O)C2)cc1. The topological polar surface area (TPSA) is 66.5 Å². The Labute approximate surface area is 119 Å². The van der Waals surface area contributed by atoms with Crippen molar-refractivity contribution < 1.29 is 13.2 Å². The third-order valence-corrected chi connectivity index (χ3v) is 5.18. The van der Waals surface area contributed by atoms with Gasteiger partial charge in [-0.3, -0.25) is 4.79 Å². The third kappa shape index (κ3) is 3.96. The third-order valence-electron chi connectivity index (χ3n) is 3.41. The molecule has 1 saturated heterocycles. The minimum Gasteiger partial charge on any atom is -0.381 e. The van der Waals surface area contributed by atoms with Crippen molar-refractivity contribution >= 4 is 21.4 Å². The highest BCUT2D eigenvalue weighted by Gasteiger charge is 2.27. The fourth-order valence-electron chi connectivity index (χ4n) is 2.20. The molecule has 1 aliphatic heterocycles. The molecule has 1 unspecified atom stereocenters. The van der Waals surface area contributed by atoms with Crippen LogP contribution in [0.15, 0.2) is 24.3 Å². The Morgan fingerprint density at radius 3 is 2.45 bits per heavy atom. The molecule has 0 saturated carbocycles. The van der Waals surface area contributed by atoms with Gasteiger partial charge in [0.2, 0.25) is 5.91 Å². The number of carbonyl (C=O) groups excluding carboxylic acids is 1. The molecule has 6 heteroatoms. The van der Waals surface area contributed by atoms with Crippen molar-refractivity contribution in [3.63, 3.8) is 0 Å². The van der Waals surface area contributed by atoms with Crippen LogP contribution in [0, 0.1) is 0 Å². The molecular formula is C14H20N2O3S. The van der Waals surface area contributed by atoms with Crippen molar-refractivity contribution in [1.29, 1.82) is 0 Å². The number of carbonyl (C=O) groups is 1. The second-order valence-electron chi connectivity index (χ2n) is 5.41. The summed E-state index contributed by atoms with van der Waals surface area (Å²) >= 11 is 0. The summed E-state index contributed by atoms with van der Waals surface area (Å²) in [5.74, 6) is 0.529. The van der Waals surface area contributed by atoms with Crippen LogP contribution in [0.25, 0.3) is 0 Å². The van der Waals surface area contributed by atoms with Crippen LogP contribution in [-0.4, -0.2) is 50.9 Å². The summed E-state index contributed by atoms with van der Waals surface area (Å²) in [5.41, 5.74) is 1.85. The van der Waals surface area contributed by atoms with E-state index in [2.05, 4.69) is 5.32 Å². The summed E-state index contributed by atoms with van der Waals surface area (Å²) in [6.45, 7) is 0. The van der Waals surface area contributed by atoms with E-state index in [0.29, 0.717) is 12.8 Å². The predicted molar refractivity (Wildman–Crippen MR) is 79.5 cm³/mol. The lowest BCUT2D eigenvalue weighted by molar-refractivity contribution is -0.127. The second kappa shape index (κ2) is 5.83. The molecule has 1 heterocycles. The fourth-order valence-corrected chi connectivity index (χ4v) is 3.87. The van der Waals surface area contributed by atoms with Gasteiger partial charge in [-0.05, 0) is 24.1 Å². The largest absolute Gasteiger partial charge is 0.381 e. The van der Waals surface area contributed by atoms with E-state index in [0.717, 1.165) is 11.3 Å².